The van der Waals surface area contributed by atoms with Crippen molar-refractivity contribution < 1.29 is 30.7 Å². The van der Waals surface area contributed by atoms with Gasteiger partial charge in [-0.1, -0.05) is 29.8 Å². The van der Waals surface area contributed by atoms with E-state index in [9.17, 15) is 21.6 Å². The average Bonchev–Trinajstić information content (AvgIpc) is 3.07. The van der Waals surface area contributed by atoms with Crippen molar-refractivity contribution in [1.82, 2.24) is 20.3 Å². The second-order valence-corrected chi connectivity index (χ2v) is 12.5. The summed E-state index contributed by atoms with van der Waals surface area (Å²) in [7, 11) is -4.41. The number of anilines is 2. The molecule has 1 fully saturated rings. The van der Waals surface area contributed by atoms with Crippen molar-refractivity contribution in [3.8, 4) is 33.8 Å². The number of pyridine rings is 1. The largest absolute Gasteiger partial charge is 0.455 e. The van der Waals surface area contributed by atoms with E-state index in [-0.39, 0.29) is 34.7 Å². The molecule has 1 saturated heterocycles. The second kappa shape index (κ2) is 14.3. The molecule has 0 amide bonds. The first-order valence-electron chi connectivity index (χ1n) is 14.2. The summed E-state index contributed by atoms with van der Waals surface area (Å²) in [6.07, 6.45) is -0.387. The normalized spacial score (nSPS) is 13.5. The van der Waals surface area contributed by atoms with Crippen LogP contribution in [0.15, 0.2) is 96.4 Å². The van der Waals surface area contributed by atoms with Gasteiger partial charge in [0.1, 0.15) is 40.2 Å². The molecule has 16 heteroatoms. The van der Waals surface area contributed by atoms with Crippen LogP contribution in [-0.2, 0) is 16.2 Å². The highest BCUT2D eigenvalue weighted by Crippen LogP contribution is 2.41. The Labute approximate surface area is 284 Å². The molecule has 0 bridgehead atoms. The monoisotopic (exact) mass is 720 g/mol. The van der Waals surface area contributed by atoms with Gasteiger partial charge in [-0.05, 0) is 65.2 Å². The highest BCUT2D eigenvalue weighted by molar-refractivity contribution is 7.92. The van der Waals surface area contributed by atoms with Crippen molar-refractivity contribution in [3.05, 3.63) is 108 Å². The molecule has 6 rings (SSSR count). The Morgan fingerprint density at radius 1 is 0.854 bits per heavy atom. The molecule has 0 aliphatic carbocycles. The minimum absolute atomic E-state index is 0. The molecule has 48 heavy (non-hydrogen) atoms. The lowest BCUT2D eigenvalue weighted by Gasteiger charge is -2.28. The second-order valence-electron chi connectivity index (χ2n) is 10.4. The van der Waals surface area contributed by atoms with Crippen molar-refractivity contribution in [3.63, 3.8) is 0 Å². The summed E-state index contributed by atoms with van der Waals surface area (Å²) in [6.45, 7) is 3.05. The van der Waals surface area contributed by atoms with Crippen LogP contribution in [0.4, 0.5) is 29.2 Å². The van der Waals surface area contributed by atoms with Crippen LogP contribution in [0.3, 0.4) is 0 Å². The fourth-order valence-corrected chi connectivity index (χ4v) is 6.35. The Morgan fingerprint density at radius 3 is 2.27 bits per heavy atom. The van der Waals surface area contributed by atoms with E-state index in [4.69, 9.17) is 16.3 Å². The maximum atomic E-state index is 15.3. The van der Waals surface area contributed by atoms with E-state index < -0.39 is 32.5 Å². The van der Waals surface area contributed by atoms with Gasteiger partial charge in [-0.2, -0.15) is 13.2 Å². The van der Waals surface area contributed by atoms with Gasteiger partial charge >= 0.3 is 6.18 Å². The highest BCUT2D eigenvalue weighted by Gasteiger charge is 2.30. The van der Waals surface area contributed by atoms with Crippen LogP contribution in [-0.4, -0.2) is 49.5 Å². The Morgan fingerprint density at radius 2 is 1.58 bits per heavy atom. The fourth-order valence-electron chi connectivity index (χ4n) is 4.99. The van der Waals surface area contributed by atoms with Gasteiger partial charge in [0.05, 0.1) is 10.6 Å². The number of halogens is 6. The van der Waals surface area contributed by atoms with E-state index in [0.29, 0.717) is 28.1 Å². The molecule has 0 spiro atoms. The zero-order valence-electron chi connectivity index (χ0n) is 24.7. The van der Waals surface area contributed by atoms with Crippen molar-refractivity contribution >= 4 is 45.7 Å². The molecule has 0 radical (unpaired) electrons. The van der Waals surface area contributed by atoms with E-state index in [1.807, 2.05) is 6.07 Å². The number of rotatable bonds is 8. The van der Waals surface area contributed by atoms with E-state index in [2.05, 4.69) is 29.9 Å². The summed E-state index contributed by atoms with van der Waals surface area (Å²) in [6, 6.07) is 16.5. The quantitative estimate of drug-likeness (QED) is 0.159. The summed E-state index contributed by atoms with van der Waals surface area (Å²) in [5, 5.41) is 3.10. The number of nitrogens with zero attached hydrogens (tertiary/aromatic N) is 4. The summed E-state index contributed by atoms with van der Waals surface area (Å²) < 4.78 is 89.0. The maximum absolute atomic E-state index is 15.3. The number of ether oxygens (including phenoxy) is 1. The average molecular weight is 722 g/mol. The molecule has 250 valence electrons. The third-order valence-corrected chi connectivity index (χ3v) is 9.00. The van der Waals surface area contributed by atoms with Gasteiger partial charge in [0.2, 0.25) is 0 Å². The number of piperazine rings is 1. The summed E-state index contributed by atoms with van der Waals surface area (Å²) >= 11 is 6.44. The number of nitrogens with one attached hydrogen (secondary N) is 2. The molecule has 2 N–H and O–H groups in total. The van der Waals surface area contributed by atoms with Crippen molar-refractivity contribution in [2.45, 2.75) is 11.1 Å². The summed E-state index contributed by atoms with van der Waals surface area (Å²) in [5.74, 6) is -0.408. The molecule has 0 atom stereocenters. The van der Waals surface area contributed by atoms with Crippen molar-refractivity contribution in [2.75, 3.05) is 35.8 Å². The summed E-state index contributed by atoms with van der Waals surface area (Å²) in [4.78, 5) is 13.4. The predicted octanol–water partition coefficient (Wildman–Crippen LogP) is 7.44. The van der Waals surface area contributed by atoms with Crippen molar-refractivity contribution in [1.29, 1.82) is 0 Å². The number of hydrogen-bond acceptors (Lipinski definition) is 8. The third-order valence-electron chi connectivity index (χ3n) is 7.34. The van der Waals surface area contributed by atoms with Crippen LogP contribution >= 0.6 is 24.0 Å². The number of benzene rings is 3. The van der Waals surface area contributed by atoms with E-state index in [1.54, 1.807) is 30.5 Å². The van der Waals surface area contributed by atoms with Gasteiger partial charge < -0.3 is 15.0 Å². The molecule has 1 aliphatic rings. The zero-order valence-corrected chi connectivity index (χ0v) is 27.1. The van der Waals surface area contributed by atoms with Gasteiger partial charge in [-0.3, -0.25) is 4.72 Å². The molecule has 0 saturated carbocycles. The Kier molecular flexibility index (Phi) is 10.4. The topological polar surface area (TPSA) is 109 Å². The Bertz CT molecular complexity index is 2020. The Balaban J connectivity index is 0.00000451. The predicted molar refractivity (Wildman–Crippen MR) is 177 cm³/mol. The number of hydrogen-bond donors (Lipinski definition) is 2. The van der Waals surface area contributed by atoms with Crippen LogP contribution in [0.5, 0.6) is 11.5 Å². The van der Waals surface area contributed by atoms with Gasteiger partial charge in [0.15, 0.2) is 0 Å². The van der Waals surface area contributed by atoms with Gasteiger partial charge in [0, 0.05) is 50.2 Å². The van der Waals surface area contributed by atoms with Crippen LogP contribution in [0, 0.1) is 5.82 Å². The Hall–Kier alpha value is -4.50. The first-order chi connectivity index (χ1) is 22.5. The molecule has 5 aromatic rings. The summed E-state index contributed by atoms with van der Waals surface area (Å²) in [5.41, 5.74) is 1.53. The van der Waals surface area contributed by atoms with E-state index >= 15 is 4.39 Å². The van der Waals surface area contributed by atoms with Gasteiger partial charge in [-0.15, -0.1) is 12.4 Å². The maximum Gasteiger partial charge on any atom is 0.416 e. The van der Waals surface area contributed by atoms with Crippen LogP contribution in [0.2, 0.25) is 5.02 Å². The van der Waals surface area contributed by atoms with Crippen LogP contribution in [0.1, 0.15) is 5.56 Å². The minimum atomic E-state index is -4.48. The van der Waals surface area contributed by atoms with Gasteiger partial charge in [0.25, 0.3) is 10.0 Å². The SMILES string of the molecule is Cl.O=S(=O)(Nc1ccncn1)c1cc(Cl)c(Oc2ccc(-c3ccc(C(F)(F)F)cc3)cc2-c2ccnc(N3CCNCC3)c2)cc1F. The first-order valence-corrected chi connectivity index (χ1v) is 16.0. The smallest absolute Gasteiger partial charge is 0.416 e. The molecular weight excluding hydrogens is 695 g/mol. The number of alkyl halides is 3. The highest BCUT2D eigenvalue weighted by atomic mass is 35.5. The molecular formula is C32H26Cl2F4N6O3S. The molecule has 2 aromatic heterocycles. The number of aromatic nitrogens is 3. The molecule has 9 nitrogen and oxygen atoms in total. The van der Waals surface area contributed by atoms with E-state index in [1.165, 1.54) is 24.4 Å². The lowest BCUT2D eigenvalue weighted by atomic mass is 9.97. The van der Waals surface area contributed by atoms with Crippen molar-refractivity contribution in [2.24, 2.45) is 0 Å². The lowest BCUT2D eigenvalue weighted by molar-refractivity contribution is -0.137. The molecule has 0 unspecified atom stereocenters. The van der Waals surface area contributed by atoms with Gasteiger partial charge in [-0.25, -0.2) is 27.8 Å². The molecule has 3 aromatic carbocycles. The standard InChI is InChI=1S/C32H25ClF4N6O3S.ClH/c33-25-17-29(47(44,45)42-30-8-9-39-19-41-30)26(34)18-28(25)46-27-6-3-21(20-1-4-23(5-2-20)32(35,36)37)15-24(27)22-7-10-40-31(16-22)43-13-11-38-12-14-43;/h1-10,15-19,38H,11-14H2,(H,39,41,42);1H. The fraction of sp³-hybridized carbons (Fsp3) is 0.156. The van der Waals surface area contributed by atoms with Crippen LogP contribution in [0.25, 0.3) is 22.3 Å². The molecule has 1 aliphatic heterocycles. The first kappa shape index (κ1) is 34.8. The third kappa shape index (κ3) is 7.79. The van der Waals surface area contributed by atoms with Crippen LogP contribution < -0.4 is 19.7 Å². The van der Waals surface area contributed by atoms with E-state index in [0.717, 1.165) is 56.8 Å². The lowest BCUT2D eigenvalue weighted by Crippen LogP contribution is -2.43. The molecule has 3 heterocycles. The number of sulfonamides is 1. The zero-order chi connectivity index (χ0) is 33.2. The minimum Gasteiger partial charge on any atom is -0.455 e.